The molecule has 0 aliphatic rings. The SMILES string of the molecule is COCC(Br)CNC(=O)c1ccc(C)cc1O. The third-order valence-electron chi connectivity index (χ3n) is 2.23. The monoisotopic (exact) mass is 301 g/mol. The molecule has 0 saturated carbocycles. The lowest BCUT2D eigenvalue weighted by Crippen LogP contribution is -2.31. The molecular formula is C12H16BrNO3. The van der Waals surface area contributed by atoms with Crippen molar-refractivity contribution in [1.82, 2.24) is 5.32 Å². The van der Waals surface area contributed by atoms with Gasteiger partial charge in [-0.15, -0.1) is 0 Å². The fraction of sp³-hybridized carbons (Fsp3) is 0.417. The molecule has 1 rings (SSSR count). The summed E-state index contributed by atoms with van der Waals surface area (Å²) in [4.78, 5) is 11.8. The van der Waals surface area contributed by atoms with Crippen molar-refractivity contribution in [3.8, 4) is 5.75 Å². The zero-order chi connectivity index (χ0) is 12.8. The summed E-state index contributed by atoms with van der Waals surface area (Å²) in [6.07, 6.45) is 0. The molecule has 0 saturated heterocycles. The molecule has 5 heteroatoms. The van der Waals surface area contributed by atoms with Gasteiger partial charge in [0.15, 0.2) is 0 Å². The highest BCUT2D eigenvalue weighted by Gasteiger charge is 2.12. The van der Waals surface area contributed by atoms with E-state index in [-0.39, 0.29) is 22.0 Å². The number of benzene rings is 1. The summed E-state index contributed by atoms with van der Waals surface area (Å²) in [5, 5.41) is 12.4. The second-order valence-electron chi connectivity index (χ2n) is 3.78. The van der Waals surface area contributed by atoms with Crippen LogP contribution in [0.1, 0.15) is 15.9 Å². The van der Waals surface area contributed by atoms with Gasteiger partial charge in [-0.25, -0.2) is 0 Å². The van der Waals surface area contributed by atoms with Crippen LogP contribution in [0.5, 0.6) is 5.75 Å². The number of nitrogens with one attached hydrogen (secondary N) is 1. The van der Waals surface area contributed by atoms with Crippen LogP contribution in [0.25, 0.3) is 0 Å². The van der Waals surface area contributed by atoms with Crippen molar-refractivity contribution < 1.29 is 14.6 Å². The standard InChI is InChI=1S/C12H16BrNO3/c1-8-3-4-10(11(15)5-8)12(16)14-6-9(13)7-17-2/h3-5,9,15H,6-7H2,1-2H3,(H,14,16). The second-order valence-corrected chi connectivity index (χ2v) is 5.08. The molecule has 1 amide bonds. The number of ether oxygens (including phenoxy) is 1. The van der Waals surface area contributed by atoms with Gasteiger partial charge in [0.05, 0.1) is 17.0 Å². The van der Waals surface area contributed by atoms with E-state index in [4.69, 9.17) is 4.74 Å². The molecule has 0 heterocycles. The Morgan fingerprint density at radius 2 is 2.29 bits per heavy atom. The fourth-order valence-electron chi connectivity index (χ4n) is 1.37. The molecule has 0 spiro atoms. The van der Waals surface area contributed by atoms with Crippen LogP contribution in [0, 0.1) is 6.92 Å². The van der Waals surface area contributed by atoms with E-state index in [0.717, 1.165) is 5.56 Å². The molecule has 0 radical (unpaired) electrons. The first-order chi connectivity index (χ1) is 8.04. The number of amides is 1. The summed E-state index contributed by atoms with van der Waals surface area (Å²) in [6.45, 7) is 2.81. The van der Waals surface area contributed by atoms with Gasteiger partial charge < -0.3 is 15.2 Å². The fourth-order valence-corrected chi connectivity index (χ4v) is 1.80. The number of phenols is 1. The Morgan fingerprint density at radius 1 is 1.59 bits per heavy atom. The van der Waals surface area contributed by atoms with Gasteiger partial charge in [-0.2, -0.15) is 0 Å². The average Bonchev–Trinajstić information content (AvgIpc) is 2.26. The zero-order valence-electron chi connectivity index (χ0n) is 9.87. The van der Waals surface area contributed by atoms with Crippen LogP contribution in [-0.4, -0.2) is 36.1 Å². The summed E-state index contributed by atoms with van der Waals surface area (Å²) in [5.41, 5.74) is 1.20. The van der Waals surface area contributed by atoms with Crippen LogP contribution in [0.15, 0.2) is 18.2 Å². The Hall–Kier alpha value is -1.07. The number of carbonyl (C=O) groups excluding carboxylic acids is 1. The molecular weight excluding hydrogens is 286 g/mol. The first-order valence-electron chi connectivity index (χ1n) is 5.25. The Labute approximate surface area is 109 Å². The molecule has 2 N–H and O–H groups in total. The van der Waals surface area contributed by atoms with E-state index in [1.54, 1.807) is 25.3 Å². The van der Waals surface area contributed by atoms with Crippen LogP contribution in [0.2, 0.25) is 0 Å². The topological polar surface area (TPSA) is 58.6 Å². The summed E-state index contributed by atoms with van der Waals surface area (Å²) >= 11 is 3.37. The molecule has 0 aliphatic heterocycles. The maximum atomic E-state index is 11.8. The molecule has 1 atom stereocenters. The Bertz CT molecular complexity index is 395. The van der Waals surface area contributed by atoms with Crippen molar-refractivity contribution in [1.29, 1.82) is 0 Å². The molecule has 17 heavy (non-hydrogen) atoms. The number of carbonyl (C=O) groups is 1. The van der Waals surface area contributed by atoms with Crippen molar-refractivity contribution in [3.63, 3.8) is 0 Å². The smallest absolute Gasteiger partial charge is 0.255 e. The van der Waals surface area contributed by atoms with Crippen LogP contribution in [-0.2, 0) is 4.74 Å². The van der Waals surface area contributed by atoms with E-state index in [1.807, 2.05) is 6.92 Å². The zero-order valence-corrected chi connectivity index (χ0v) is 11.5. The minimum absolute atomic E-state index is 0.000337. The summed E-state index contributed by atoms with van der Waals surface area (Å²) in [6, 6.07) is 4.96. The molecule has 1 aromatic carbocycles. The Kier molecular flexibility index (Phi) is 5.44. The van der Waals surface area contributed by atoms with Crippen molar-refractivity contribution in [2.45, 2.75) is 11.8 Å². The van der Waals surface area contributed by atoms with Crippen molar-refractivity contribution >= 4 is 21.8 Å². The lowest BCUT2D eigenvalue weighted by molar-refractivity contribution is 0.0947. The normalized spacial score (nSPS) is 12.2. The number of halogens is 1. The summed E-state index contributed by atoms with van der Waals surface area (Å²) < 4.78 is 4.93. The molecule has 0 bridgehead atoms. The first-order valence-corrected chi connectivity index (χ1v) is 6.17. The number of rotatable bonds is 5. The summed E-state index contributed by atoms with van der Waals surface area (Å²) in [7, 11) is 1.60. The van der Waals surface area contributed by atoms with Crippen molar-refractivity contribution in [2.24, 2.45) is 0 Å². The minimum Gasteiger partial charge on any atom is -0.507 e. The Morgan fingerprint density at radius 3 is 2.88 bits per heavy atom. The Balaban J connectivity index is 2.58. The highest BCUT2D eigenvalue weighted by molar-refractivity contribution is 9.09. The van der Waals surface area contributed by atoms with Gasteiger partial charge in [0, 0.05) is 13.7 Å². The number of hydrogen-bond acceptors (Lipinski definition) is 3. The number of hydrogen-bond donors (Lipinski definition) is 2. The molecule has 1 unspecified atom stereocenters. The first kappa shape index (κ1) is 14.0. The van der Waals surface area contributed by atoms with E-state index < -0.39 is 0 Å². The number of alkyl halides is 1. The predicted octanol–water partition coefficient (Wildman–Crippen LogP) is 1.84. The maximum Gasteiger partial charge on any atom is 0.255 e. The second kappa shape index (κ2) is 6.61. The average molecular weight is 302 g/mol. The van der Waals surface area contributed by atoms with Gasteiger partial charge in [-0.05, 0) is 24.6 Å². The molecule has 1 aromatic rings. The van der Waals surface area contributed by atoms with Gasteiger partial charge in [-0.1, -0.05) is 22.0 Å². The third-order valence-corrected chi connectivity index (χ3v) is 2.82. The van der Waals surface area contributed by atoms with Gasteiger partial charge >= 0.3 is 0 Å². The van der Waals surface area contributed by atoms with Crippen LogP contribution in [0.3, 0.4) is 0 Å². The maximum absolute atomic E-state index is 11.8. The number of aryl methyl sites for hydroxylation is 1. The number of phenolic OH excluding ortho intramolecular Hbond substituents is 1. The predicted molar refractivity (Wildman–Crippen MR) is 69.8 cm³/mol. The summed E-state index contributed by atoms with van der Waals surface area (Å²) in [5.74, 6) is -0.289. The van der Waals surface area contributed by atoms with Crippen LogP contribution in [0.4, 0.5) is 0 Å². The van der Waals surface area contributed by atoms with E-state index in [0.29, 0.717) is 13.2 Å². The van der Waals surface area contributed by atoms with Gasteiger partial charge in [0.2, 0.25) is 0 Å². The third kappa shape index (κ3) is 4.36. The van der Waals surface area contributed by atoms with Gasteiger partial charge in [0.25, 0.3) is 5.91 Å². The van der Waals surface area contributed by atoms with Gasteiger partial charge in [-0.3, -0.25) is 4.79 Å². The van der Waals surface area contributed by atoms with E-state index >= 15 is 0 Å². The molecule has 4 nitrogen and oxygen atoms in total. The van der Waals surface area contributed by atoms with E-state index in [2.05, 4.69) is 21.2 Å². The quantitative estimate of drug-likeness (QED) is 0.816. The van der Waals surface area contributed by atoms with Gasteiger partial charge in [0.1, 0.15) is 5.75 Å². The lowest BCUT2D eigenvalue weighted by Gasteiger charge is -2.11. The van der Waals surface area contributed by atoms with Crippen molar-refractivity contribution in [2.75, 3.05) is 20.3 Å². The van der Waals surface area contributed by atoms with E-state index in [1.165, 1.54) is 0 Å². The lowest BCUT2D eigenvalue weighted by atomic mass is 10.1. The highest BCUT2D eigenvalue weighted by atomic mass is 79.9. The van der Waals surface area contributed by atoms with Crippen LogP contribution >= 0.6 is 15.9 Å². The molecule has 0 aromatic heterocycles. The number of methoxy groups -OCH3 is 1. The van der Waals surface area contributed by atoms with Crippen LogP contribution < -0.4 is 5.32 Å². The largest absolute Gasteiger partial charge is 0.507 e. The van der Waals surface area contributed by atoms with E-state index in [9.17, 15) is 9.90 Å². The number of aromatic hydroxyl groups is 1. The molecule has 94 valence electrons. The molecule has 0 fully saturated rings. The molecule has 0 aliphatic carbocycles. The van der Waals surface area contributed by atoms with Crippen molar-refractivity contribution in [3.05, 3.63) is 29.3 Å². The highest BCUT2D eigenvalue weighted by Crippen LogP contribution is 2.18. The minimum atomic E-state index is -0.289.